The van der Waals surface area contributed by atoms with Crippen LogP contribution in [0.3, 0.4) is 0 Å². The highest BCUT2D eigenvalue weighted by Gasteiger charge is 2.06. The van der Waals surface area contributed by atoms with Crippen LogP contribution in [0.25, 0.3) is 0 Å². The Kier molecular flexibility index (Phi) is 3.23. The van der Waals surface area contributed by atoms with E-state index in [1.165, 1.54) is 0 Å². The van der Waals surface area contributed by atoms with Crippen molar-refractivity contribution in [3.63, 3.8) is 0 Å². The minimum atomic E-state index is 0.261. The number of aryl methyl sites for hydroxylation is 2. The minimum absolute atomic E-state index is 0.261. The number of aldehydes is 1. The summed E-state index contributed by atoms with van der Waals surface area (Å²) in [5, 5.41) is 0. The van der Waals surface area contributed by atoms with Crippen molar-refractivity contribution >= 4 is 6.29 Å². The molecule has 0 atom stereocenters. The summed E-state index contributed by atoms with van der Waals surface area (Å²) in [6, 6.07) is 6.95. The Morgan fingerprint density at radius 1 is 1.41 bits per heavy atom. The van der Waals surface area contributed by atoms with Gasteiger partial charge in [-0.2, -0.15) is 0 Å². The van der Waals surface area contributed by atoms with Crippen LogP contribution in [0, 0.1) is 13.8 Å². The maximum Gasteiger partial charge on any atom is 0.232 e. The summed E-state index contributed by atoms with van der Waals surface area (Å²) < 4.78 is 10.9. The van der Waals surface area contributed by atoms with Gasteiger partial charge in [0.05, 0.1) is 5.69 Å². The van der Waals surface area contributed by atoms with Crippen molar-refractivity contribution in [2.45, 2.75) is 20.5 Å². The van der Waals surface area contributed by atoms with Crippen LogP contribution in [-0.4, -0.2) is 11.3 Å². The minimum Gasteiger partial charge on any atom is -0.484 e. The highest BCUT2D eigenvalue weighted by atomic mass is 16.5. The fourth-order valence-electron chi connectivity index (χ4n) is 1.42. The SMILES string of the molecule is Cc1nc(COc2cccc(C=O)c2)oc1C. The Morgan fingerprint density at radius 2 is 2.24 bits per heavy atom. The monoisotopic (exact) mass is 231 g/mol. The third kappa shape index (κ3) is 2.72. The zero-order chi connectivity index (χ0) is 12.3. The van der Waals surface area contributed by atoms with Crippen molar-refractivity contribution < 1.29 is 13.9 Å². The number of carbonyl (C=O) groups is 1. The molecule has 17 heavy (non-hydrogen) atoms. The van der Waals surface area contributed by atoms with E-state index in [0.717, 1.165) is 17.7 Å². The number of oxazole rings is 1. The third-order valence-corrected chi connectivity index (χ3v) is 2.43. The second kappa shape index (κ2) is 4.82. The molecule has 0 amide bonds. The van der Waals surface area contributed by atoms with Crippen molar-refractivity contribution in [3.8, 4) is 5.75 Å². The highest BCUT2D eigenvalue weighted by molar-refractivity contribution is 5.75. The van der Waals surface area contributed by atoms with Gasteiger partial charge in [0.15, 0.2) is 6.61 Å². The molecule has 0 bridgehead atoms. The quantitative estimate of drug-likeness (QED) is 0.759. The summed E-state index contributed by atoms with van der Waals surface area (Å²) in [7, 11) is 0. The van der Waals surface area contributed by atoms with E-state index in [1.807, 2.05) is 13.8 Å². The summed E-state index contributed by atoms with van der Waals surface area (Å²) >= 11 is 0. The molecular formula is C13H13NO3. The van der Waals surface area contributed by atoms with E-state index in [0.29, 0.717) is 17.2 Å². The maximum atomic E-state index is 10.6. The summed E-state index contributed by atoms with van der Waals surface area (Å²) in [6.07, 6.45) is 0.784. The van der Waals surface area contributed by atoms with Crippen LogP contribution in [0.15, 0.2) is 28.7 Å². The van der Waals surface area contributed by atoms with E-state index in [4.69, 9.17) is 9.15 Å². The Bertz CT molecular complexity index is 512. The summed E-state index contributed by atoms with van der Waals surface area (Å²) in [4.78, 5) is 14.8. The summed E-state index contributed by atoms with van der Waals surface area (Å²) in [5.74, 6) is 1.96. The Hall–Kier alpha value is -2.10. The van der Waals surface area contributed by atoms with Gasteiger partial charge in [0, 0.05) is 5.56 Å². The van der Waals surface area contributed by atoms with Crippen molar-refractivity contribution in [3.05, 3.63) is 47.2 Å². The molecule has 0 spiro atoms. The fourth-order valence-corrected chi connectivity index (χ4v) is 1.42. The van der Waals surface area contributed by atoms with Gasteiger partial charge in [-0.25, -0.2) is 4.98 Å². The molecule has 1 aromatic carbocycles. The Labute approximate surface area is 99.2 Å². The standard InChI is InChI=1S/C13H13NO3/c1-9-10(2)17-13(14-9)8-16-12-5-3-4-11(6-12)7-15/h3-7H,8H2,1-2H3. The molecule has 0 saturated carbocycles. The molecule has 0 aliphatic rings. The number of hydrogen-bond donors (Lipinski definition) is 0. The van der Waals surface area contributed by atoms with E-state index in [2.05, 4.69) is 4.98 Å². The first-order valence-electron chi connectivity index (χ1n) is 5.30. The van der Waals surface area contributed by atoms with Crippen LogP contribution in [0.5, 0.6) is 5.75 Å². The third-order valence-electron chi connectivity index (χ3n) is 2.43. The average Bonchev–Trinajstić information content (AvgIpc) is 2.67. The lowest BCUT2D eigenvalue weighted by atomic mass is 10.2. The summed E-state index contributed by atoms with van der Waals surface area (Å²) in [6.45, 7) is 4.01. The van der Waals surface area contributed by atoms with Crippen molar-refractivity contribution in [1.82, 2.24) is 4.98 Å². The van der Waals surface area contributed by atoms with E-state index < -0.39 is 0 Å². The van der Waals surface area contributed by atoms with Gasteiger partial charge in [-0.15, -0.1) is 0 Å². The second-order valence-electron chi connectivity index (χ2n) is 3.73. The van der Waals surface area contributed by atoms with Gasteiger partial charge in [0.2, 0.25) is 5.89 Å². The van der Waals surface area contributed by atoms with Crippen molar-refractivity contribution in [1.29, 1.82) is 0 Å². The van der Waals surface area contributed by atoms with Gasteiger partial charge in [0.1, 0.15) is 17.8 Å². The number of carbonyl (C=O) groups excluding carboxylic acids is 1. The van der Waals surface area contributed by atoms with E-state index in [9.17, 15) is 4.79 Å². The fraction of sp³-hybridized carbons (Fsp3) is 0.231. The van der Waals surface area contributed by atoms with Crippen LogP contribution in [0.2, 0.25) is 0 Å². The molecule has 1 aromatic heterocycles. The zero-order valence-corrected chi connectivity index (χ0v) is 9.77. The molecule has 4 nitrogen and oxygen atoms in total. The molecule has 0 N–H and O–H groups in total. The number of aromatic nitrogens is 1. The first-order valence-corrected chi connectivity index (χ1v) is 5.30. The van der Waals surface area contributed by atoms with Crippen LogP contribution >= 0.6 is 0 Å². The van der Waals surface area contributed by atoms with Crippen LogP contribution in [-0.2, 0) is 6.61 Å². The maximum absolute atomic E-state index is 10.6. The van der Waals surface area contributed by atoms with Crippen LogP contribution in [0.4, 0.5) is 0 Å². The molecule has 2 rings (SSSR count). The number of nitrogens with zero attached hydrogens (tertiary/aromatic N) is 1. The van der Waals surface area contributed by atoms with Gasteiger partial charge in [-0.05, 0) is 26.0 Å². The van der Waals surface area contributed by atoms with Gasteiger partial charge in [-0.1, -0.05) is 12.1 Å². The molecular weight excluding hydrogens is 218 g/mol. The van der Waals surface area contributed by atoms with E-state index in [-0.39, 0.29) is 6.61 Å². The predicted octanol–water partition coefficient (Wildman–Crippen LogP) is 2.68. The lowest BCUT2D eigenvalue weighted by Gasteiger charge is -2.03. The molecule has 0 radical (unpaired) electrons. The smallest absolute Gasteiger partial charge is 0.232 e. The van der Waals surface area contributed by atoms with Gasteiger partial charge >= 0.3 is 0 Å². The molecule has 0 saturated heterocycles. The number of rotatable bonds is 4. The van der Waals surface area contributed by atoms with E-state index in [1.54, 1.807) is 24.3 Å². The van der Waals surface area contributed by atoms with Crippen molar-refractivity contribution in [2.24, 2.45) is 0 Å². The normalized spacial score (nSPS) is 10.2. The van der Waals surface area contributed by atoms with Gasteiger partial charge in [-0.3, -0.25) is 4.79 Å². The molecule has 0 aliphatic heterocycles. The Morgan fingerprint density at radius 3 is 2.88 bits per heavy atom. The van der Waals surface area contributed by atoms with Crippen molar-refractivity contribution in [2.75, 3.05) is 0 Å². The van der Waals surface area contributed by atoms with Crippen LogP contribution in [0.1, 0.15) is 27.7 Å². The molecule has 4 heteroatoms. The molecule has 0 unspecified atom stereocenters. The number of benzene rings is 1. The Balaban J connectivity index is 2.04. The van der Waals surface area contributed by atoms with Gasteiger partial charge in [0.25, 0.3) is 0 Å². The number of ether oxygens (including phenoxy) is 1. The highest BCUT2D eigenvalue weighted by Crippen LogP contribution is 2.15. The second-order valence-corrected chi connectivity index (χ2v) is 3.73. The topological polar surface area (TPSA) is 52.3 Å². The molecule has 0 aliphatic carbocycles. The van der Waals surface area contributed by atoms with Crippen LogP contribution < -0.4 is 4.74 Å². The zero-order valence-electron chi connectivity index (χ0n) is 9.77. The van der Waals surface area contributed by atoms with E-state index >= 15 is 0 Å². The predicted molar refractivity (Wildman–Crippen MR) is 62.1 cm³/mol. The molecule has 2 aromatic rings. The first kappa shape index (κ1) is 11.4. The first-order chi connectivity index (χ1) is 8.19. The lowest BCUT2D eigenvalue weighted by Crippen LogP contribution is -1.96. The number of hydrogen-bond acceptors (Lipinski definition) is 4. The largest absolute Gasteiger partial charge is 0.484 e. The lowest BCUT2D eigenvalue weighted by molar-refractivity contribution is 0.112. The average molecular weight is 231 g/mol. The molecule has 0 fully saturated rings. The van der Waals surface area contributed by atoms with Gasteiger partial charge < -0.3 is 9.15 Å². The molecule has 1 heterocycles. The summed E-state index contributed by atoms with van der Waals surface area (Å²) in [5.41, 5.74) is 1.45. The molecule has 88 valence electrons.